The van der Waals surface area contributed by atoms with Crippen molar-refractivity contribution in [3.05, 3.63) is 53.6 Å². The Bertz CT molecular complexity index is 931. The lowest BCUT2D eigenvalue weighted by atomic mass is 10.1. The zero-order valence-corrected chi connectivity index (χ0v) is 17.8. The first kappa shape index (κ1) is 22.6. The van der Waals surface area contributed by atoms with Crippen LogP contribution >= 0.6 is 11.6 Å². The van der Waals surface area contributed by atoms with Crippen LogP contribution in [0.5, 0.6) is 5.75 Å². The molecule has 2 aromatic carbocycles. The number of hydrogen-bond donors (Lipinski definition) is 3. The molecule has 0 bridgehead atoms. The van der Waals surface area contributed by atoms with Gasteiger partial charge in [-0.25, -0.2) is 0 Å². The van der Waals surface area contributed by atoms with E-state index in [9.17, 15) is 19.5 Å². The van der Waals surface area contributed by atoms with E-state index in [0.29, 0.717) is 22.1 Å². The topological polar surface area (TPSA) is 108 Å². The van der Waals surface area contributed by atoms with Gasteiger partial charge in [0.1, 0.15) is 5.75 Å². The Balaban J connectivity index is 1.50. The zero-order chi connectivity index (χ0) is 22.4. The molecule has 1 aliphatic rings. The number of ether oxygens (including phenoxy) is 1. The van der Waals surface area contributed by atoms with E-state index in [1.165, 1.54) is 0 Å². The third-order valence-corrected chi connectivity index (χ3v) is 4.97. The van der Waals surface area contributed by atoms with Crippen molar-refractivity contribution in [3.8, 4) is 5.75 Å². The molecule has 3 N–H and O–H groups in total. The van der Waals surface area contributed by atoms with Crippen LogP contribution in [-0.4, -0.2) is 48.6 Å². The summed E-state index contributed by atoms with van der Waals surface area (Å²) < 4.78 is 5.49. The number of aliphatic hydroxyl groups excluding tert-OH is 1. The van der Waals surface area contributed by atoms with Gasteiger partial charge in [0.25, 0.3) is 5.91 Å². The molecule has 0 aromatic heterocycles. The van der Waals surface area contributed by atoms with Crippen LogP contribution in [0.4, 0.5) is 11.4 Å². The van der Waals surface area contributed by atoms with Crippen molar-refractivity contribution in [1.82, 2.24) is 5.32 Å². The van der Waals surface area contributed by atoms with Crippen LogP contribution in [0.25, 0.3) is 0 Å². The molecule has 9 heteroatoms. The van der Waals surface area contributed by atoms with Gasteiger partial charge in [-0.15, -0.1) is 0 Å². The number of carbonyl (C=O) groups excluding carboxylic acids is 3. The molecule has 1 heterocycles. The van der Waals surface area contributed by atoms with Gasteiger partial charge in [0.2, 0.25) is 11.8 Å². The maximum Gasteiger partial charge on any atom is 0.262 e. The average molecular weight is 446 g/mol. The number of rotatable bonds is 8. The van der Waals surface area contributed by atoms with Crippen molar-refractivity contribution in [2.24, 2.45) is 5.92 Å². The Morgan fingerprint density at radius 1 is 1.19 bits per heavy atom. The highest BCUT2D eigenvalue weighted by molar-refractivity contribution is 6.30. The number of nitrogens with zero attached hydrogens (tertiary/aromatic N) is 1. The van der Waals surface area contributed by atoms with E-state index in [2.05, 4.69) is 10.6 Å². The molecule has 0 radical (unpaired) electrons. The molecule has 164 valence electrons. The van der Waals surface area contributed by atoms with Gasteiger partial charge in [0.05, 0.1) is 12.0 Å². The van der Waals surface area contributed by atoms with Crippen molar-refractivity contribution in [2.75, 3.05) is 29.9 Å². The lowest BCUT2D eigenvalue weighted by Crippen LogP contribution is -2.36. The molecule has 3 amide bonds. The average Bonchev–Trinajstić information content (AvgIpc) is 3.14. The molecule has 0 aliphatic carbocycles. The van der Waals surface area contributed by atoms with Gasteiger partial charge >= 0.3 is 0 Å². The summed E-state index contributed by atoms with van der Waals surface area (Å²) in [6.45, 7) is 1.84. The second kappa shape index (κ2) is 10.3. The number of halogens is 1. The first-order valence-corrected chi connectivity index (χ1v) is 10.2. The normalized spacial score (nSPS) is 16.7. The van der Waals surface area contributed by atoms with Gasteiger partial charge in [0, 0.05) is 35.9 Å². The third-order valence-electron chi connectivity index (χ3n) is 4.71. The predicted molar refractivity (Wildman–Crippen MR) is 117 cm³/mol. The molecule has 0 saturated carbocycles. The van der Waals surface area contributed by atoms with E-state index in [1.54, 1.807) is 60.4 Å². The second-order valence-electron chi connectivity index (χ2n) is 7.34. The largest absolute Gasteiger partial charge is 0.484 e. The van der Waals surface area contributed by atoms with Gasteiger partial charge < -0.3 is 25.4 Å². The molecular formula is C22H24ClN3O5. The Morgan fingerprint density at radius 2 is 1.87 bits per heavy atom. The molecule has 2 atom stereocenters. The third kappa shape index (κ3) is 6.44. The number of carbonyl (C=O) groups is 3. The fourth-order valence-corrected chi connectivity index (χ4v) is 3.25. The predicted octanol–water partition coefficient (Wildman–Crippen LogP) is 2.21. The summed E-state index contributed by atoms with van der Waals surface area (Å²) in [6.07, 6.45) is -0.521. The zero-order valence-electron chi connectivity index (χ0n) is 17.0. The van der Waals surface area contributed by atoms with Crippen molar-refractivity contribution in [2.45, 2.75) is 19.4 Å². The summed E-state index contributed by atoms with van der Waals surface area (Å²) in [6, 6.07) is 13.5. The van der Waals surface area contributed by atoms with Gasteiger partial charge in [-0.3, -0.25) is 14.4 Å². The maximum atomic E-state index is 12.3. The van der Waals surface area contributed by atoms with Crippen LogP contribution in [0.15, 0.2) is 48.5 Å². The summed E-state index contributed by atoms with van der Waals surface area (Å²) in [7, 11) is 0. The number of hydrogen-bond acceptors (Lipinski definition) is 5. The van der Waals surface area contributed by atoms with E-state index in [0.717, 1.165) is 0 Å². The highest BCUT2D eigenvalue weighted by Gasteiger charge is 2.35. The summed E-state index contributed by atoms with van der Waals surface area (Å²) in [5.41, 5.74) is 1.27. The molecule has 0 spiro atoms. The lowest BCUT2D eigenvalue weighted by Gasteiger charge is -2.17. The fourth-order valence-electron chi connectivity index (χ4n) is 3.13. The number of benzene rings is 2. The number of aliphatic hydroxyl groups is 1. The molecule has 1 saturated heterocycles. The summed E-state index contributed by atoms with van der Waals surface area (Å²) in [4.78, 5) is 38.0. The highest BCUT2D eigenvalue weighted by Crippen LogP contribution is 2.27. The molecule has 0 unspecified atom stereocenters. The van der Waals surface area contributed by atoms with E-state index in [-0.39, 0.29) is 43.8 Å². The summed E-state index contributed by atoms with van der Waals surface area (Å²) in [5, 5.41) is 15.2. The van der Waals surface area contributed by atoms with Gasteiger partial charge in [-0.1, -0.05) is 11.6 Å². The van der Waals surface area contributed by atoms with Crippen LogP contribution in [0.2, 0.25) is 5.02 Å². The van der Waals surface area contributed by atoms with Crippen LogP contribution in [-0.2, 0) is 14.4 Å². The Hall–Kier alpha value is -3.10. The van der Waals surface area contributed by atoms with Crippen molar-refractivity contribution >= 4 is 40.7 Å². The molecule has 8 nitrogen and oxygen atoms in total. The van der Waals surface area contributed by atoms with E-state index in [1.807, 2.05) is 0 Å². The van der Waals surface area contributed by atoms with Gasteiger partial charge in [-0.05, 0) is 55.5 Å². The molecule has 1 aliphatic heterocycles. The second-order valence-corrected chi connectivity index (χ2v) is 7.77. The number of anilines is 2. The van der Waals surface area contributed by atoms with Crippen molar-refractivity contribution < 1.29 is 24.2 Å². The Morgan fingerprint density at radius 3 is 2.52 bits per heavy atom. The van der Waals surface area contributed by atoms with Crippen LogP contribution in [0.3, 0.4) is 0 Å². The minimum Gasteiger partial charge on any atom is -0.484 e. The molecule has 3 rings (SSSR count). The van der Waals surface area contributed by atoms with Crippen LogP contribution in [0, 0.1) is 5.92 Å². The minimum atomic E-state index is -0.641. The van der Waals surface area contributed by atoms with E-state index in [4.69, 9.17) is 16.3 Å². The molecule has 2 aromatic rings. The van der Waals surface area contributed by atoms with E-state index < -0.39 is 12.0 Å². The highest BCUT2D eigenvalue weighted by atomic mass is 35.5. The molecule has 31 heavy (non-hydrogen) atoms. The quantitative estimate of drug-likeness (QED) is 0.577. The molecule has 1 fully saturated rings. The number of nitrogens with one attached hydrogen (secondary N) is 2. The smallest absolute Gasteiger partial charge is 0.262 e. The first-order chi connectivity index (χ1) is 14.8. The lowest BCUT2D eigenvalue weighted by molar-refractivity contribution is -0.126. The first-order valence-electron chi connectivity index (χ1n) is 9.86. The van der Waals surface area contributed by atoms with Crippen molar-refractivity contribution in [3.63, 3.8) is 0 Å². The van der Waals surface area contributed by atoms with E-state index >= 15 is 0 Å². The van der Waals surface area contributed by atoms with Crippen LogP contribution < -0.4 is 20.3 Å². The SMILES string of the molecule is C[C@@H](O)CNC(=O)[C@H]1CC(=O)N(c2ccc(OCC(=O)Nc3ccc(Cl)cc3)cc2)C1. The van der Waals surface area contributed by atoms with Gasteiger partial charge in [0.15, 0.2) is 6.61 Å². The standard InChI is InChI=1S/C22H24ClN3O5/c1-14(27)11-24-22(30)15-10-21(29)26(12-15)18-6-8-19(9-7-18)31-13-20(28)25-17-4-2-16(23)3-5-17/h2-9,14-15,27H,10-13H2,1H3,(H,24,30)(H,25,28)/t14-,15+/m1/s1. The molecular weight excluding hydrogens is 422 g/mol. The maximum absolute atomic E-state index is 12.3. The summed E-state index contributed by atoms with van der Waals surface area (Å²) in [5.74, 6) is -0.685. The monoisotopic (exact) mass is 445 g/mol. The number of amides is 3. The minimum absolute atomic E-state index is 0.120. The Kier molecular flexibility index (Phi) is 7.49. The summed E-state index contributed by atoms with van der Waals surface area (Å²) >= 11 is 5.82. The van der Waals surface area contributed by atoms with Gasteiger partial charge in [-0.2, -0.15) is 0 Å². The van der Waals surface area contributed by atoms with Crippen molar-refractivity contribution in [1.29, 1.82) is 0 Å². The Labute approximate surface area is 185 Å². The fraction of sp³-hybridized carbons (Fsp3) is 0.318. The van der Waals surface area contributed by atoms with Crippen LogP contribution in [0.1, 0.15) is 13.3 Å².